The number of benzene rings is 1. The molecule has 1 unspecified atom stereocenters. The van der Waals surface area contributed by atoms with Gasteiger partial charge in [0.05, 0.1) is 17.9 Å². The standard InChI is InChI=1S/C16H22N4O/c1-3-12(2)15(17)16(21)18-9-13-10-19-20(11-13)14-7-5-4-6-8-14/h4-8,10-12,15H,3,9,17H2,1-2H3,(H,18,21)/t12?,15-/m0/s1. The molecule has 0 bridgehead atoms. The van der Waals surface area contributed by atoms with Gasteiger partial charge in [-0.1, -0.05) is 38.5 Å². The molecule has 5 heteroatoms. The second-order valence-corrected chi connectivity index (χ2v) is 5.26. The SMILES string of the molecule is CCC(C)[C@H](N)C(=O)NCc1cnn(-c2ccccc2)c1. The monoisotopic (exact) mass is 286 g/mol. The van der Waals surface area contributed by atoms with Crippen LogP contribution in [0, 0.1) is 5.92 Å². The molecule has 0 aliphatic heterocycles. The number of nitrogens with zero attached hydrogens (tertiary/aromatic N) is 2. The summed E-state index contributed by atoms with van der Waals surface area (Å²) in [5, 5.41) is 7.16. The molecule has 5 nitrogen and oxygen atoms in total. The molecule has 1 heterocycles. The number of nitrogens with one attached hydrogen (secondary N) is 1. The molecule has 0 aliphatic rings. The molecule has 21 heavy (non-hydrogen) atoms. The third kappa shape index (κ3) is 3.92. The lowest BCUT2D eigenvalue weighted by molar-refractivity contribution is -0.123. The third-order valence-electron chi connectivity index (χ3n) is 3.68. The van der Waals surface area contributed by atoms with Gasteiger partial charge in [0, 0.05) is 18.3 Å². The molecule has 2 rings (SSSR count). The van der Waals surface area contributed by atoms with Crippen molar-refractivity contribution in [2.24, 2.45) is 11.7 Å². The maximum atomic E-state index is 11.9. The highest BCUT2D eigenvalue weighted by atomic mass is 16.2. The third-order valence-corrected chi connectivity index (χ3v) is 3.68. The van der Waals surface area contributed by atoms with Crippen LogP contribution >= 0.6 is 0 Å². The summed E-state index contributed by atoms with van der Waals surface area (Å²) in [4.78, 5) is 11.9. The van der Waals surface area contributed by atoms with E-state index in [9.17, 15) is 4.79 Å². The second kappa shape index (κ2) is 7.04. The molecule has 1 aromatic heterocycles. The van der Waals surface area contributed by atoms with E-state index in [0.717, 1.165) is 17.7 Å². The first-order valence-corrected chi connectivity index (χ1v) is 7.24. The Morgan fingerprint density at radius 2 is 2.10 bits per heavy atom. The minimum Gasteiger partial charge on any atom is -0.351 e. The molecule has 0 fully saturated rings. The summed E-state index contributed by atoms with van der Waals surface area (Å²) in [6.07, 6.45) is 4.55. The van der Waals surface area contributed by atoms with E-state index in [1.54, 1.807) is 10.9 Å². The Hall–Kier alpha value is -2.14. The fraction of sp³-hybridized carbons (Fsp3) is 0.375. The number of amides is 1. The Labute approximate surface area is 125 Å². The van der Waals surface area contributed by atoms with E-state index >= 15 is 0 Å². The number of hydrogen-bond donors (Lipinski definition) is 2. The molecular weight excluding hydrogens is 264 g/mol. The van der Waals surface area contributed by atoms with Crippen molar-refractivity contribution in [2.75, 3.05) is 0 Å². The Kier molecular flexibility index (Phi) is 5.11. The lowest BCUT2D eigenvalue weighted by Crippen LogP contribution is -2.44. The largest absolute Gasteiger partial charge is 0.351 e. The Bertz CT molecular complexity index is 579. The molecule has 0 radical (unpaired) electrons. The molecule has 0 aliphatic carbocycles. The Morgan fingerprint density at radius 1 is 1.38 bits per heavy atom. The highest BCUT2D eigenvalue weighted by Crippen LogP contribution is 2.08. The van der Waals surface area contributed by atoms with E-state index in [4.69, 9.17) is 5.73 Å². The van der Waals surface area contributed by atoms with E-state index in [1.165, 1.54) is 0 Å². The summed E-state index contributed by atoms with van der Waals surface area (Å²) in [6.45, 7) is 4.45. The van der Waals surface area contributed by atoms with Gasteiger partial charge in [-0.15, -0.1) is 0 Å². The van der Waals surface area contributed by atoms with E-state index in [-0.39, 0.29) is 11.8 Å². The molecule has 0 saturated heterocycles. The van der Waals surface area contributed by atoms with Crippen LogP contribution in [0.2, 0.25) is 0 Å². The Balaban J connectivity index is 1.93. The van der Waals surface area contributed by atoms with Crippen LogP contribution in [0.5, 0.6) is 0 Å². The smallest absolute Gasteiger partial charge is 0.237 e. The van der Waals surface area contributed by atoms with Crippen LogP contribution in [0.3, 0.4) is 0 Å². The van der Waals surface area contributed by atoms with Gasteiger partial charge >= 0.3 is 0 Å². The highest BCUT2D eigenvalue weighted by molar-refractivity contribution is 5.81. The molecule has 1 aromatic carbocycles. The first-order valence-electron chi connectivity index (χ1n) is 7.24. The number of aromatic nitrogens is 2. The first-order chi connectivity index (χ1) is 10.1. The zero-order chi connectivity index (χ0) is 15.2. The lowest BCUT2D eigenvalue weighted by Gasteiger charge is -2.17. The summed E-state index contributed by atoms with van der Waals surface area (Å²) >= 11 is 0. The summed E-state index contributed by atoms with van der Waals surface area (Å²) in [6, 6.07) is 9.39. The summed E-state index contributed by atoms with van der Waals surface area (Å²) in [7, 11) is 0. The van der Waals surface area contributed by atoms with Gasteiger partial charge in [-0.05, 0) is 18.1 Å². The van der Waals surface area contributed by atoms with Crippen LogP contribution in [0.4, 0.5) is 0 Å². The van der Waals surface area contributed by atoms with Crippen molar-refractivity contribution in [2.45, 2.75) is 32.9 Å². The predicted molar refractivity (Wildman–Crippen MR) is 82.8 cm³/mol. The van der Waals surface area contributed by atoms with E-state index in [0.29, 0.717) is 6.54 Å². The van der Waals surface area contributed by atoms with Gasteiger partial charge in [-0.25, -0.2) is 4.68 Å². The van der Waals surface area contributed by atoms with Crippen LogP contribution in [0.25, 0.3) is 5.69 Å². The number of carbonyl (C=O) groups excluding carboxylic acids is 1. The van der Waals surface area contributed by atoms with Crippen molar-refractivity contribution in [3.63, 3.8) is 0 Å². The molecule has 2 aromatic rings. The zero-order valence-corrected chi connectivity index (χ0v) is 12.5. The average Bonchev–Trinajstić information content (AvgIpc) is 3.01. The molecule has 2 atom stereocenters. The maximum absolute atomic E-state index is 11.9. The molecule has 112 valence electrons. The highest BCUT2D eigenvalue weighted by Gasteiger charge is 2.18. The van der Waals surface area contributed by atoms with Crippen molar-refractivity contribution in [3.05, 3.63) is 48.3 Å². The normalized spacial score (nSPS) is 13.7. The van der Waals surface area contributed by atoms with Crippen molar-refractivity contribution < 1.29 is 4.79 Å². The number of rotatable bonds is 6. The van der Waals surface area contributed by atoms with Gasteiger partial charge in [0.2, 0.25) is 5.91 Å². The minimum absolute atomic E-state index is 0.114. The van der Waals surface area contributed by atoms with Gasteiger partial charge in [0.15, 0.2) is 0 Å². The van der Waals surface area contributed by atoms with Crippen LogP contribution < -0.4 is 11.1 Å². The van der Waals surface area contributed by atoms with Crippen molar-refractivity contribution >= 4 is 5.91 Å². The van der Waals surface area contributed by atoms with Crippen LogP contribution in [0.15, 0.2) is 42.7 Å². The second-order valence-electron chi connectivity index (χ2n) is 5.26. The number of nitrogens with two attached hydrogens (primary N) is 1. The van der Waals surface area contributed by atoms with Gasteiger partial charge < -0.3 is 11.1 Å². The quantitative estimate of drug-likeness (QED) is 0.851. The topological polar surface area (TPSA) is 72.9 Å². The predicted octanol–water partition coefficient (Wildman–Crippen LogP) is 1.86. The number of carbonyl (C=O) groups is 1. The average molecular weight is 286 g/mol. The summed E-state index contributed by atoms with van der Waals surface area (Å²) in [5.41, 5.74) is 7.84. The van der Waals surface area contributed by atoms with Crippen LogP contribution in [0.1, 0.15) is 25.8 Å². The molecule has 1 amide bonds. The maximum Gasteiger partial charge on any atom is 0.237 e. The molecular formula is C16H22N4O. The van der Waals surface area contributed by atoms with Gasteiger partial charge in [0.25, 0.3) is 0 Å². The fourth-order valence-corrected chi connectivity index (χ4v) is 1.99. The van der Waals surface area contributed by atoms with Crippen molar-refractivity contribution in [1.82, 2.24) is 15.1 Å². The molecule has 0 saturated carbocycles. The fourth-order valence-electron chi connectivity index (χ4n) is 1.99. The molecule has 3 N–H and O–H groups in total. The minimum atomic E-state index is -0.459. The van der Waals surface area contributed by atoms with Crippen LogP contribution in [-0.2, 0) is 11.3 Å². The van der Waals surface area contributed by atoms with Crippen molar-refractivity contribution in [3.8, 4) is 5.69 Å². The number of para-hydroxylation sites is 1. The zero-order valence-electron chi connectivity index (χ0n) is 12.5. The molecule has 0 spiro atoms. The van der Waals surface area contributed by atoms with Gasteiger partial charge in [-0.3, -0.25) is 4.79 Å². The van der Waals surface area contributed by atoms with Gasteiger partial charge in [-0.2, -0.15) is 5.10 Å². The lowest BCUT2D eigenvalue weighted by atomic mass is 9.99. The number of hydrogen-bond acceptors (Lipinski definition) is 3. The van der Waals surface area contributed by atoms with E-state index < -0.39 is 6.04 Å². The van der Waals surface area contributed by atoms with Crippen LogP contribution in [-0.4, -0.2) is 21.7 Å². The van der Waals surface area contributed by atoms with E-state index in [1.807, 2.05) is 50.4 Å². The van der Waals surface area contributed by atoms with Gasteiger partial charge in [0.1, 0.15) is 0 Å². The summed E-state index contributed by atoms with van der Waals surface area (Å²) in [5.74, 6) is 0.0638. The van der Waals surface area contributed by atoms with Crippen molar-refractivity contribution in [1.29, 1.82) is 0 Å². The van der Waals surface area contributed by atoms with E-state index in [2.05, 4.69) is 10.4 Å². The Morgan fingerprint density at radius 3 is 2.76 bits per heavy atom. The summed E-state index contributed by atoms with van der Waals surface area (Å²) < 4.78 is 1.79. The first kappa shape index (κ1) is 15.3.